The summed E-state index contributed by atoms with van der Waals surface area (Å²) >= 11 is 0. The first-order chi connectivity index (χ1) is 9.09. The van der Waals surface area contributed by atoms with Crippen molar-refractivity contribution in [2.24, 2.45) is 0 Å². The van der Waals surface area contributed by atoms with E-state index in [0.29, 0.717) is 0 Å². The molecule has 2 aromatic rings. The molecule has 0 bridgehead atoms. The van der Waals surface area contributed by atoms with Crippen molar-refractivity contribution in [3.05, 3.63) is 53.9 Å². The topological polar surface area (TPSA) is 90.7 Å². The lowest BCUT2D eigenvalue weighted by Crippen LogP contribution is -1.95. The molecule has 19 heavy (non-hydrogen) atoms. The van der Waals surface area contributed by atoms with E-state index in [4.69, 9.17) is 5.11 Å². The van der Waals surface area contributed by atoms with Crippen LogP contribution in [-0.2, 0) is 0 Å². The van der Waals surface area contributed by atoms with Gasteiger partial charge in [0.2, 0.25) is 5.75 Å². The monoisotopic (exact) mass is 257 g/mol. The van der Waals surface area contributed by atoms with Gasteiger partial charge in [0, 0.05) is 12.4 Å². The van der Waals surface area contributed by atoms with Gasteiger partial charge in [-0.1, -0.05) is 6.08 Å². The van der Waals surface area contributed by atoms with E-state index in [1.807, 2.05) is 0 Å². The van der Waals surface area contributed by atoms with Crippen LogP contribution in [0.1, 0.15) is 15.9 Å². The van der Waals surface area contributed by atoms with Gasteiger partial charge in [0.15, 0.2) is 17.3 Å². The Kier molecular flexibility index (Phi) is 3.47. The van der Waals surface area contributed by atoms with Gasteiger partial charge >= 0.3 is 0 Å². The third kappa shape index (κ3) is 2.71. The number of aromatic nitrogens is 1. The Balaban J connectivity index is 2.26. The van der Waals surface area contributed by atoms with Crippen LogP contribution in [0.4, 0.5) is 0 Å². The number of benzene rings is 1. The third-order valence-electron chi connectivity index (χ3n) is 2.53. The van der Waals surface area contributed by atoms with Crippen LogP contribution in [0.3, 0.4) is 0 Å². The highest BCUT2D eigenvalue weighted by Crippen LogP contribution is 2.37. The molecule has 0 fully saturated rings. The van der Waals surface area contributed by atoms with Crippen LogP contribution in [-0.4, -0.2) is 26.1 Å². The van der Waals surface area contributed by atoms with Crippen molar-refractivity contribution in [3.63, 3.8) is 0 Å². The fourth-order valence-electron chi connectivity index (χ4n) is 1.50. The molecule has 5 nitrogen and oxygen atoms in total. The first-order valence-electron chi connectivity index (χ1n) is 5.46. The predicted molar refractivity (Wildman–Crippen MR) is 69.0 cm³/mol. The summed E-state index contributed by atoms with van der Waals surface area (Å²) in [6.45, 7) is 0. The Morgan fingerprint density at radius 1 is 1.00 bits per heavy atom. The number of nitrogens with zero attached hydrogens (tertiary/aromatic N) is 1. The van der Waals surface area contributed by atoms with Crippen molar-refractivity contribution in [2.45, 2.75) is 0 Å². The summed E-state index contributed by atoms with van der Waals surface area (Å²) in [5.41, 5.74) is 0.700. The van der Waals surface area contributed by atoms with Gasteiger partial charge in [-0.25, -0.2) is 0 Å². The molecular formula is C14H11NO4. The lowest BCUT2D eigenvalue weighted by atomic mass is 10.1. The van der Waals surface area contributed by atoms with E-state index in [1.54, 1.807) is 30.6 Å². The molecule has 0 amide bonds. The fourth-order valence-corrected chi connectivity index (χ4v) is 1.50. The summed E-state index contributed by atoms with van der Waals surface area (Å²) in [7, 11) is 0. The standard InChI is InChI=1S/C14H11NO4/c16-11(3-1-9-5-7-15-8-6-9)10-2-4-12(17)14(19)13(10)18/h1-8,17-19H. The van der Waals surface area contributed by atoms with Crippen molar-refractivity contribution in [1.29, 1.82) is 0 Å². The molecule has 0 saturated carbocycles. The number of allylic oxidation sites excluding steroid dienone is 1. The van der Waals surface area contributed by atoms with Crippen LogP contribution in [0.2, 0.25) is 0 Å². The molecule has 0 spiro atoms. The van der Waals surface area contributed by atoms with E-state index >= 15 is 0 Å². The minimum absolute atomic E-state index is 0.0828. The zero-order chi connectivity index (χ0) is 13.8. The number of carbonyl (C=O) groups excluding carboxylic acids is 1. The minimum Gasteiger partial charge on any atom is -0.504 e. The van der Waals surface area contributed by atoms with E-state index in [2.05, 4.69) is 4.98 Å². The van der Waals surface area contributed by atoms with Gasteiger partial charge in [-0.2, -0.15) is 0 Å². The molecule has 5 heteroatoms. The number of aromatic hydroxyl groups is 3. The van der Waals surface area contributed by atoms with E-state index in [9.17, 15) is 15.0 Å². The number of pyridine rings is 1. The second kappa shape index (κ2) is 5.22. The SMILES string of the molecule is O=C(C=Cc1ccncc1)c1ccc(O)c(O)c1O. The largest absolute Gasteiger partial charge is 0.504 e. The number of rotatable bonds is 3. The van der Waals surface area contributed by atoms with Crippen LogP contribution >= 0.6 is 0 Å². The van der Waals surface area contributed by atoms with Crippen molar-refractivity contribution in [2.75, 3.05) is 0 Å². The maximum atomic E-state index is 11.8. The first kappa shape index (κ1) is 12.6. The number of hydrogen-bond donors (Lipinski definition) is 3. The summed E-state index contributed by atoms with van der Waals surface area (Å²) in [6.07, 6.45) is 6.01. The number of phenols is 3. The highest BCUT2D eigenvalue weighted by atomic mass is 16.3. The van der Waals surface area contributed by atoms with Crippen LogP contribution in [0.25, 0.3) is 6.08 Å². The molecular weight excluding hydrogens is 246 g/mol. The lowest BCUT2D eigenvalue weighted by Gasteiger charge is -2.04. The number of carbonyl (C=O) groups is 1. The maximum Gasteiger partial charge on any atom is 0.201 e. The molecule has 0 unspecified atom stereocenters. The Morgan fingerprint density at radius 3 is 2.37 bits per heavy atom. The van der Waals surface area contributed by atoms with E-state index < -0.39 is 23.0 Å². The van der Waals surface area contributed by atoms with Gasteiger partial charge in [-0.3, -0.25) is 9.78 Å². The summed E-state index contributed by atoms with van der Waals surface area (Å²) < 4.78 is 0. The zero-order valence-corrected chi connectivity index (χ0v) is 9.82. The third-order valence-corrected chi connectivity index (χ3v) is 2.53. The highest BCUT2D eigenvalue weighted by Gasteiger charge is 2.14. The fraction of sp³-hybridized carbons (Fsp3) is 0. The van der Waals surface area contributed by atoms with Crippen molar-refractivity contribution in [3.8, 4) is 17.2 Å². The van der Waals surface area contributed by atoms with Gasteiger partial charge in [0.1, 0.15) is 0 Å². The molecule has 0 atom stereocenters. The van der Waals surface area contributed by atoms with Crippen molar-refractivity contribution < 1.29 is 20.1 Å². The molecule has 1 aromatic heterocycles. The molecule has 96 valence electrons. The van der Waals surface area contributed by atoms with E-state index in [-0.39, 0.29) is 5.56 Å². The van der Waals surface area contributed by atoms with Gasteiger partial charge < -0.3 is 15.3 Å². The molecule has 0 aliphatic carbocycles. The summed E-state index contributed by atoms with van der Waals surface area (Å²) in [5.74, 6) is -2.30. The first-order valence-corrected chi connectivity index (χ1v) is 5.46. The Labute approximate surface area is 109 Å². The molecule has 2 rings (SSSR count). The average Bonchev–Trinajstić information content (AvgIpc) is 2.43. The van der Waals surface area contributed by atoms with Gasteiger partial charge in [-0.15, -0.1) is 0 Å². The quantitative estimate of drug-likeness (QED) is 0.445. The molecule has 0 aliphatic rings. The smallest absolute Gasteiger partial charge is 0.201 e. The summed E-state index contributed by atoms with van der Waals surface area (Å²) in [6, 6.07) is 5.82. The average molecular weight is 257 g/mol. The Bertz CT molecular complexity index is 635. The lowest BCUT2D eigenvalue weighted by molar-refractivity contribution is 0.104. The highest BCUT2D eigenvalue weighted by molar-refractivity contribution is 6.09. The molecule has 1 aromatic carbocycles. The van der Waals surface area contributed by atoms with Crippen LogP contribution < -0.4 is 0 Å². The second-order valence-electron chi connectivity index (χ2n) is 3.81. The van der Waals surface area contributed by atoms with Gasteiger partial charge in [0.05, 0.1) is 5.56 Å². The Hall–Kier alpha value is -2.82. The van der Waals surface area contributed by atoms with E-state index in [0.717, 1.165) is 11.6 Å². The minimum atomic E-state index is -0.705. The summed E-state index contributed by atoms with van der Waals surface area (Å²) in [5, 5.41) is 28.1. The predicted octanol–water partition coefficient (Wildman–Crippen LogP) is 2.09. The number of phenolic OH excluding ortho intramolecular Hbond substituents is 3. The molecule has 3 N–H and O–H groups in total. The molecule has 1 heterocycles. The van der Waals surface area contributed by atoms with Gasteiger partial charge in [0.25, 0.3) is 0 Å². The maximum absolute atomic E-state index is 11.8. The zero-order valence-electron chi connectivity index (χ0n) is 9.82. The molecule has 0 aliphatic heterocycles. The molecule has 0 saturated heterocycles. The summed E-state index contributed by atoms with van der Waals surface area (Å²) in [4.78, 5) is 15.7. The van der Waals surface area contributed by atoms with Crippen LogP contribution in [0.5, 0.6) is 17.2 Å². The van der Waals surface area contributed by atoms with Crippen LogP contribution in [0, 0.1) is 0 Å². The van der Waals surface area contributed by atoms with E-state index in [1.165, 1.54) is 12.1 Å². The number of hydrogen-bond acceptors (Lipinski definition) is 5. The van der Waals surface area contributed by atoms with Crippen molar-refractivity contribution >= 4 is 11.9 Å². The van der Waals surface area contributed by atoms with Gasteiger partial charge in [-0.05, 0) is 35.9 Å². The number of ketones is 1. The normalized spacial score (nSPS) is 10.7. The Morgan fingerprint density at radius 2 is 1.68 bits per heavy atom. The van der Waals surface area contributed by atoms with Crippen molar-refractivity contribution in [1.82, 2.24) is 4.98 Å². The van der Waals surface area contributed by atoms with Crippen LogP contribution in [0.15, 0.2) is 42.7 Å². The molecule has 0 radical (unpaired) electrons. The second-order valence-corrected chi connectivity index (χ2v) is 3.81.